The highest BCUT2D eigenvalue weighted by Gasteiger charge is 1.96. The molecule has 0 heteroatoms. The molecule has 0 nitrogen and oxygen atoms in total. The smallest absolute Gasteiger partial charge is 0.0351 e. The lowest BCUT2D eigenvalue weighted by Gasteiger charge is -2.04. The van der Waals surface area contributed by atoms with Gasteiger partial charge >= 0.3 is 0 Å². The molecule has 0 rings (SSSR count). The Kier molecular flexibility index (Phi) is 30.5. The molecule has 0 aliphatic carbocycles. The first-order chi connectivity index (χ1) is 15.9. The maximum Gasteiger partial charge on any atom is -0.0351 e. The van der Waals surface area contributed by atoms with Crippen molar-refractivity contribution in [1.82, 2.24) is 0 Å². The van der Waals surface area contributed by atoms with E-state index in [2.05, 4.69) is 26.0 Å². The molecule has 0 bridgehead atoms. The highest BCUT2D eigenvalue weighted by Crippen LogP contribution is 2.16. The topological polar surface area (TPSA) is 0 Å². The quantitative estimate of drug-likeness (QED) is 0.0824. The van der Waals surface area contributed by atoms with Gasteiger partial charge in [-0.05, 0) is 19.8 Å². The van der Waals surface area contributed by atoms with Gasteiger partial charge in [-0.1, -0.05) is 186 Å². The fraction of sp³-hybridized carbons (Fsp3) is 0.938. The van der Waals surface area contributed by atoms with Gasteiger partial charge in [-0.15, -0.1) is 0 Å². The minimum Gasteiger partial charge on any atom is -0.0917 e. The van der Waals surface area contributed by atoms with Crippen LogP contribution in [0, 0.1) is 0 Å². The first-order valence-corrected chi connectivity index (χ1v) is 15.5. The zero-order valence-electron chi connectivity index (χ0n) is 23.0. The molecular weight excluding hydrogens is 384 g/mol. The van der Waals surface area contributed by atoms with Crippen molar-refractivity contribution in [3.05, 3.63) is 12.2 Å². The molecule has 0 radical (unpaired) electrons. The number of hydrogen-bond donors (Lipinski definition) is 0. The summed E-state index contributed by atoms with van der Waals surface area (Å²) in [6.45, 7) is 4.43. The highest BCUT2D eigenvalue weighted by atomic mass is 14.0. The van der Waals surface area contributed by atoms with E-state index in [4.69, 9.17) is 0 Å². The molecule has 0 unspecified atom stereocenters. The molecule has 0 saturated heterocycles. The van der Waals surface area contributed by atoms with Crippen LogP contribution in [0.4, 0.5) is 0 Å². The molecule has 0 atom stereocenters. The Hall–Kier alpha value is -0.260. The Labute approximate surface area is 205 Å². The Morgan fingerprint density at radius 2 is 0.531 bits per heavy atom. The number of rotatable bonds is 28. The molecule has 0 N–H and O–H groups in total. The monoisotopic (exact) mass is 449 g/mol. The van der Waals surface area contributed by atoms with Crippen LogP contribution >= 0.6 is 0 Å². The van der Waals surface area contributed by atoms with Gasteiger partial charge in [-0.25, -0.2) is 0 Å². The van der Waals surface area contributed by atoms with E-state index in [0.29, 0.717) is 0 Å². The van der Waals surface area contributed by atoms with Crippen LogP contribution in [0.2, 0.25) is 0 Å². The van der Waals surface area contributed by atoms with Crippen LogP contribution in [0.15, 0.2) is 12.2 Å². The Bertz CT molecular complexity index is 329. The molecule has 0 spiro atoms. The molecule has 32 heavy (non-hydrogen) atoms. The van der Waals surface area contributed by atoms with E-state index < -0.39 is 0 Å². The fourth-order valence-electron chi connectivity index (χ4n) is 4.92. The Morgan fingerprint density at radius 3 is 0.750 bits per heavy atom. The summed E-state index contributed by atoms with van der Waals surface area (Å²) in [5, 5.41) is 0. The molecule has 0 heterocycles. The minimum atomic E-state index is 1.29. The molecule has 0 aromatic heterocycles. The van der Waals surface area contributed by atoms with Crippen molar-refractivity contribution in [1.29, 1.82) is 0 Å². The standard InChI is InChI=1S/C32H64/c1-3-5-7-9-11-13-15-17-19-21-23-25-27-29-31-32-30-28-26-24-22-20-18-16-14-12-10-8-6-4-2/h3,5H,4,6-32H2,1-2H3. The van der Waals surface area contributed by atoms with Crippen molar-refractivity contribution in [3.8, 4) is 0 Å². The number of hydrogen-bond acceptors (Lipinski definition) is 0. The van der Waals surface area contributed by atoms with Crippen LogP contribution in [0.25, 0.3) is 0 Å². The molecule has 0 aliphatic rings. The normalized spacial score (nSPS) is 11.7. The van der Waals surface area contributed by atoms with Crippen molar-refractivity contribution in [3.63, 3.8) is 0 Å². The molecule has 192 valence electrons. The highest BCUT2D eigenvalue weighted by molar-refractivity contribution is 4.76. The predicted octanol–water partition coefficient (Wildman–Crippen LogP) is 12.5. The summed E-state index contributed by atoms with van der Waals surface area (Å²) in [4.78, 5) is 0. The van der Waals surface area contributed by atoms with E-state index in [1.807, 2.05) is 0 Å². The van der Waals surface area contributed by atoms with E-state index in [0.717, 1.165) is 0 Å². The molecule has 0 amide bonds. The zero-order valence-corrected chi connectivity index (χ0v) is 23.0. The van der Waals surface area contributed by atoms with Crippen LogP contribution in [0.5, 0.6) is 0 Å². The van der Waals surface area contributed by atoms with Crippen molar-refractivity contribution < 1.29 is 0 Å². The van der Waals surface area contributed by atoms with Crippen LogP contribution in [-0.4, -0.2) is 0 Å². The number of unbranched alkanes of at least 4 members (excludes halogenated alkanes) is 27. The van der Waals surface area contributed by atoms with Crippen LogP contribution in [0.3, 0.4) is 0 Å². The first kappa shape index (κ1) is 31.7. The summed E-state index contributed by atoms with van der Waals surface area (Å²) in [5.74, 6) is 0. The van der Waals surface area contributed by atoms with Gasteiger partial charge in [-0.2, -0.15) is 0 Å². The molecule has 0 saturated carbocycles. The Morgan fingerprint density at radius 1 is 0.312 bits per heavy atom. The summed E-state index contributed by atoms with van der Waals surface area (Å²) >= 11 is 0. The van der Waals surface area contributed by atoms with Crippen molar-refractivity contribution >= 4 is 0 Å². The van der Waals surface area contributed by atoms with Gasteiger partial charge in [0.15, 0.2) is 0 Å². The van der Waals surface area contributed by atoms with E-state index >= 15 is 0 Å². The van der Waals surface area contributed by atoms with Gasteiger partial charge in [0, 0.05) is 0 Å². The van der Waals surface area contributed by atoms with Crippen molar-refractivity contribution in [2.24, 2.45) is 0 Å². The minimum absolute atomic E-state index is 1.29. The van der Waals surface area contributed by atoms with Crippen molar-refractivity contribution in [2.45, 2.75) is 194 Å². The van der Waals surface area contributed by atoms with E-state index in [1.54, 1.807) is 0 Å². The second kappa shape index (κ2) is 30.7. The fourth-order valence-corrected chi connectivity index (χ4v) is 4.92. The van der Waals surface area contributed by atoms with Crippen LogP contribution in [-0.2, 0) is 0 Å². The van der Waals surface area contributed by atoms with E-state index in [-0.39, 0.29) is 0 Å². The van der Waals surface area contributed by atoms with Gasteiger partial charge in [0.05, 0.1) is 0 Å². The van der Waals surface area contributed by atoms with Gasteiger partial charge in [0.2, 0.25) is 0 Å². The largest absolute Gasteiger partial charge is 0.0917 e. The summed E-state index contributed by atoms with van der Waals surface area (Å²) in [6, 6.07) is 0. The van der Waals surface area contributed by atoms with Crippen LogP contribution in [0.1, 0.15) is 194 Å². The second-order valence-corrected chi connectivity index (χ2v) is 10.6. The van der Waals surface area contributed by atoms with Gasteiger partial charge in [-0.3, -0.25) is 0 Å². The lowest BCUT2D eigenvalue weighted by molar-refractivity contribution is 0.515. The summed E-state index contributed by atoms with van der Waals surface area (Å²) in [5.41, 5.74) is 0. The summed E-state index contributed by atoms with van der Waals surface area (Å²) in [6.07, 6.45) is 45.6. The maximum atomic E-state index is 2.31. The lowest BCUT2D eigenvalue weighted by Crippen LogP contribution is -1.84. The summed E-state index contributed by atoms with van der Waals surface area (Å²) < 4.78 is 0. The van der Waals surface area contributed by atoms with Gasteiger partial charge < -0.3 is 0 Å². The third-order valence-electron chi connectivity index (χ3n) is 7.21. The van der Waals surface area contributed by atoms with Crippen molar-refractivity contribution in [2.75, 3.05) is 0 Å². The summed E-state index contributed by atoms with van der Waals surface area (Å²) in [7, 11) is 0. The maximum absolute atomic E-state index is 2.31. The molecular formula is C32H64. The second-order valence-electron chi connectivity index (χ2n) is 10.6. The molecule has 0 aromatic rings. The molecule has 0 fully saturated rings. The number of allylic oxidation sites excluding steroid dienone is 2. The van der Waals surface area contributed by atoms with E-state index in [1.165, 1.54) is 180 Å². The van der Waals surface area contributed by atoms with Gasteiger partial charge in [0.1, 0.15) is 0 Å². The third-order valence-corrected chi connectivity index (χ3v) is 7.21. The third kappa shape index (κ3) is 29.7. The predicted molar refractivity (Wildman–Crippen MR) is 150 cm³/mol. The van der Waals surface area contributed by atoms with E-state index in [9.17, 15) is 0 Å². The SMILES string of the molecule is CC=CCCCCCCCCCCCCCCCCCCCCCCCCCCCCC. The molecule has 0 aliphatic heterocycles. The van der Waals surface area contributed by atoms with Gasteiger partial charge in [0.25, 0.3) is 0 Å². The lowest BCUT2D eigenvalue weighted by atomic mass is 10.0. The molecule has 0 aromatic carbocycles. The average molecular weight is 449 g/mol. The first-order valence-electron chi connectivity index (χ1n) is 15.5. The average Bonchev–Trinajstić information content (AvgIpc) is 2.81. The van der Waals surface area contributed by atoms with Crippen LogP contribution < -0.4 is 0 Å². The zero-order chi connectivity index (χ0) is 23.2. The Balaban J connectivity index is 3.00.